The second-order valence-corrected chi connectivity index (χ2v) is 5.06. The number of hydrogen-bond donors (Lipinski definition) is 0. The van der Waals surface area contributed by atoms with Crippen LogP contribution >= 0.6 is 11.6 Å². The Bertz CT molecular complexity index is 666. The third-order valence-electron chi connectivity index (χ3n) is 2.97. The van der Waals surface area contributed by atoms with Crippen LogP contribution in [-0.4, -0.2) is 5.71 Å². The Morgan fingerprint density at radius 1 is 1.09 bits per heavy atom. The largest absolute Gasteiger partial charge is 0.417 e. The highest BCUT2D eigenvalue weighted by atomic mass is 35.5. The van der Waals surface area contributed by atoms with Crippen molar-refractivity contribution in [3.8, 4) is 0 Å². The number of oxime groups is 1. The average Bonchev–Trinajstić information content (AvgIpc) is 2.48. The van der Waals surface area contributed by atoms with Crippen molar-refractivity contribution < 1.29 is 18.0 Å². The second-order valence-electron chi connectivity index (χ2n) is 4.62. The maximum absolute atomic E-state index is 12.9. The van der Waals surface area contributed by atoms with Gasteiger partial charge >= 0.3 is 6.18 Å². The van der Waals surface area contributed by atoms with Gasteiger partial charge in [0.2, 0.25) is 0 Å². The zero-order chi connectivity index (χ0) is 16.2. The fourth-order valence-electron chi connectivity index (χ4n) is 1.88. The van der Waals surface area contributed by atoms with Gasteiger partial charge in [0.1, 0.15) is 6.61 Å². The van der Waals surface area contributed by atoms with Crippen LogP contribution in [0.25, 0.3) is 0 Å². The lowest BCUT2D eigenvalue weighted by molar-refractivity contribution is -0.137. The first-order chi connectivity index (χ1) is 10.4. The van der Waals surface area contributed by atoms with Gasteiger partial charge in [-0.15, -0.1) is 0 Å². The fourth-order valence-corrected chi connectivity index (χ4v) is 2.01. The van der Waals surface area contributed by atoms with E-state index < -0.39 is 11.7 Å². The summed E-state index contributed by atoms with van der Waals surface area (Å²) in [7, 11) is 0. The minimum atomic E-state index is -4.43. The van der Waals surface area contributed by atoms with Crippen molar-refractivity contribution in [1.29, 1.82) is 0 Å². The summed E-state index contributed by atoms with van der Waals surface area (Å²) in [5, 5.41) is 4.37. The Hall–Kier alpha value is -2.01. The number of alkyl halides is 3. The Balaban J connectivity index is 2.11. The van der Waals surface area contributed by atoms with Crippen molar-refractivity contribution in [3.63, 3.8) is 0 Å². The van der Waals surface area contributed by atoms with Crippen LogP contribution < -0.4 is 0 Å². The maximum Gasteiger partial charge on any atom is 0.417 e. The molecule has 0 saturated carbocycles. The topological polar surface area (TPSA) is 21.6 Å². The SMILES string of the molecule is C/C(=N\OCc1ccc(Cl)cc1)c1ccccc1C(F)(F)F. The first-order valence-electron chi connectivity index (χ1n) is 6.45. The van der Waals surface area contributed by atoms with Gasteiger partial charge in [-0.2, -0.15) is 13.2 Å². The molecule has 2 rings (SSSR count). The van der Waals surface area contributed by atoms with E-state index in [1.54, 1.807) is 24.3 Å². The van der Waals surface area contributed by atoms with Crippen molar-refractivity contribution >= 4 is 17.3 Å². The molecule has 0 N–H and O–H groups in total. The van der Waals surface area contributed by atoms with Crippen molar-refractivity contribution in [1.82, 2.24) is 0 Å². The molecule has 0 heterocycles. The third-order valence-corrected chi connectivity index (χ3v) is 3.22. The molecule has 0 bridgehead atoms. The average molecular weight is 328 g/mol. The van der Waals surface area contributed by atoms with Crippen LogP contribution in [0.1, 0.15) is 23.6 Å². The summed E-state index contributed by atoms with van der Waals surface area (Å²) < 4.78 is 38.8. The molecule has 2 nitrogen and oxygen atoms in total. The van der Waals surface area contributed by atoms with E-state index in [-0.39, 0.29) is 17.9 Å². The smallest absolute Gasteiger partial charge is 0.391 e. The Morgan fingerprint density at radius 3 is 2.36 bits per heavy atom. The highest BCUT2D eigenvalue weighted by Crippen LogP contribution is 2.32. The van der Waals surface area contributed by atoms with Crippen LogP contribution in [0.5, 0.6) is 0 Å². The van der Waals surface area contributed by atoms with Gasteiger partial charge in [-0.05, 0) is 30.7 Å². The molecule has 0 unspecified atom stereocenters. The molecule has 0 aliphatic carbocycles. The van der Waals surface area contributed by atoms with Gasteiger partial charge in [0.25, 0.3) is 0 Å². The molecule has 0 aliphatic rings. The van der Waals surface area contributed by atoms with Gasteiger partial charge in [-0.3, -0.25) is 0 Å². The number of benzene rings is 2. The lowest BCUT2D eigenvalue weighted by Gasteiger charge is -2.12. The summed E-state index contributed by atoms with van der Waals surface area (Å²) in [6, 6.07) is 12.2. The van der Waals surface area contributed by atoms with Crippen LogP contribution in [-0.2, 0) is 17.6 Å². The number of nitrogens with zero attached hydrogens (tertiary/aromatic N) is 1. The molecule has 0 atom stereocenters. The molecular weight excluding hydrogens is 315 g/mol. The van der Waals surface area contributed by atoms with Crippen LogP contribution in [0, 0.1) is 0 Å². The Kier molecular flexibility index (Phi) is 5.08. The lowest BCUT2D eigenvalue weighted by atomic mass is 10.0. The Labute approximate surface area is 131 Å². The van der Waals surface area contributed by atoms with Gasteiger partial charge in [-0.1, -0.05) is 47.1 Å². The van der Waals surface area contributed by atoms with Crippen LogP contribution in [0.15, 0.2) is 53.7 Å². The molecule has 0 aromatic heterocycles. The molecule has 0 radical (unpaired) electrons. The first kappa shape index (κ1) is 16.4. The van der Waals surface area contributed by atoms with E-state index in [4.69, 9.17) is 16.4 Å². The quantitative estimate of drug-likeness (QED) is 0.551. The molecule has 2 aromatic carbocycles. The minimum Gasteiger partial charge on any atom is -0.391 e. The predicted molar refractivity (Wildman–Crippen MR) is 79.9 cm³/mol. The van der Waals surface area contributed by atoms with E-state index in [0.29, 0.717) is 5.02 Å². The van der Waals surface area contributed by atoms with Gasteiger partial charge in [-0.25, -0.2) is 0 Å². The number of hydrogen-bond acceptors (Lipinski definition) is 2. The molecule has 2 aromatic rings. The molecule has 6 heteroatoms. The maximum atomic E-state index is 12.9. The van der Waals surface area contributed by atoms with E-state index in [1.807, 2.05) is 0 Å². The zero-order valence-electron chi connectivity index (χ0n) is 11.7. The molecule has 0 fully saturated rings. The van der Waals surface area contributed by atoms with Crippen LogP contribution in [0.3, 0.4) is 0 Å². The van der Waals surface area contributed by atoms with Gasteiger partial charge in [0.05, 0.1) is 11.3 Å². The van der Waals surface area contributed by atoms with E-state index in [2.05, 4.69) is 5.16 Å². The monoisotopic (exact) mass is 327 g/mol. The van der Waals surface area contributed by atoms with E-state index in [1.165, 1.54) is 25.1 Å². The molecule has 22 heavy (non-hydrogen) atoms. The molecule has 0 aliphatic heterocycles. The van der Waals surface area contributed by atoms with Gasteiger partial charge < -0.3 is 4.84 Å². The van der Waals surface area contributed by atoms with Crippen molar-refractivity contribution in [2.45, 2.75) is 19.7 Å². The fraction of sp³-hybridized carbons (Fsp3) is 0.188. The van der Waals surface area contributed by atoms with Gasteiger partial charge in [0, 0.05) is 10.6 Å². The number of rotatable bonds is 4. The summed E-state index contributed by atoms with van der Waals surface area (Å²) in [6.07, 6.45) is -4.43. The molecule has 116 valence electrons. The van der Waals surface area contributed by atoms with E-state index in [9.17, 15) is 13.2 Å². The Morgan fingerprint density at radius 2 is 1.73 bits per heavy atom. The van der Waals surface area contributed by atoms with Crippen molar-refractivity contribution in [2.24, 2.45) is 5.16 Å². The summed E-state index contributed by atoms with van der Waals surface area (Å²) >= 11 is 5.76. The normalized spacial score (nSPS) is 12.3. The zero-order valence-corrected chi connectivity index (χ0v) is 12.4. The van der Waals surface area contributed by atoms with Crippen LogP contribution in [0.2, 0.25) is 5.02 Å². The highest BCUT2D eigenvalue weighted by Gasteiger charge is 2.33. The molecule has 0 spiro atoms. The van der Waals surface area contributed by atoms with Gasteiger partial charge in [0.15, 0.2) is 0 Å². The minimum absolute atomic E-state index is 0.00565. The number of halogens is 4. The predicted octanol–water partition coefficient (Wildman–Crippen LogP) is 5.30. The van der Waals surface area contributed by atoms with Crippen molar-refractivity contribution in [2.75, 3.05) is 0 Å². The molecular formula is C16H13ClF3NO. The van der Waals surface area contributed by atoms with Crippen molar-refractivity contribution in [3.05, 3.63) is 70.2 Å². The third kappa shape index (κ3) is 4.24. The summed E-state index contributed by atoms with van der Waals surface area (Å²) in [5.41, 5.74) is 0.268. The standard InChI is InChI=1S/C16H13ClF3NO/c1-11(14-4-2-3-5-15(14)16(18,19)20)21-22-10-12-6-8-13(17)9-7-12/h2-9H,10H2,1H3/b21-11+. The molecule has 0 amide bonds. The van der Waals surface area contributed by atoms with E-state index >= 15 is 0 Å². The van der Waals surface area contributed by atoms with E-state index in [0.717, 1.165) is 11.6 Å². The summed E-state index contributed by atoms with van der Waals surface area (Å²) in [6.45, 7) is 1.63. The second kappa shape index (κ2) is 6.83. The highest BCUT2D eigenvalue weighted by molar-refractivity contribution is 6.30. The lowest BCUT2D eigenvalue weighted by Crippen LogP contribution is -2.12. The first-order valence-corrected chi connectivity index (χ1v) is 6.83. The summed E-state index contributed by atoms with van der Waals surface area (Å²) in [4.78, 5) is 5.12. The summed E-state index contributed by atoms with van der Waals surface area (Å²) in [5.74, 6) is 0. The molecule has 0 saturated heterocycles. The van der Waals surface area contributed by atoms with Crippen LogP contribution in [0.4, 0.5) is 13.2 Å².